The Morgan fingerprint density at radius 3 is 2.25 bits per heavy atom. The maximum atomic E-state index is 12.7. The second-order valence-corrected chi connectivity index (χ2v) is 6.66. The Labute approximate surface area is 164 Å². The Kier molecular flexibility index (Phi) is 12.0. The molecule has 0 aliphatic carbocycles. The number of carbonyl (C=O) groups excluding carboxylic acids is 2. The summed E-state index contributed by atoms with van der Waals surface area (Å²) in [5.41, 5.74) is 11.0. The third kappa shape index (κ3) is 9.11. The molecule has 0 bridgehead atoms. The Morgan fingerprint density at radius 1 is 1.21 bits per heavy atom. The summed E-state index contributed by atoms with van der Waals surface area (Å²) in [6, 6.07) is -2.88. The van der Waals surface area contributed by atoms with Crippen molar-refractivity contribution in [2.45, 2.75) is 70.2 Å². The van der Waals surface area contributed by atoms with E-state index in [2.05, 4.69) is 5.32 Å². The maximum Gasteiger partial charge on any atom is 0.326 e. The maximum absolute atomic E-state index is 12.7. The lowest BCUT2D eigenvalue weighted by molar-refractivity contribution is -0.149. The van der Waals surface area contributed by atoms with Crippen LogP contribution in [0.5, 0.6) is 0 Å². The molecule has 11 heteroatoms. The molecule has 1 heterocycles. The number of unbranched alkanes of at least 4 members (excludes halogenated alkanes) is 1. The quantitative estimate of drug-likeness (QED) is 0.247. The van der Waals surface area contributed by atoms with Crippen LogP contribution in [0.3, 0.4) is 0 Å². The Bertz CT molecular complexity index is 538. The third-order valence-electron chi connectivity index (χ3n) is 4.20. The second-order valence-electron chi connectivity index (χ2n) is 6.66. The van der Waals surface area contributed by atoms with Crippen molar-refractivity contribution in [3.05, 3.63) is 0 Å². The highest BCUT2D eigenvalue weighted by Crippen LogP contribution is 2.19. The van der Waals surface area contributed by atoms with Gasteiger partial charge in [-0.3, -0.25) is 14.4 Å². The molecule has 0 saturated carbocycles. The molecule has 0 radical (unpaired) electrons. The number of carbonyl (C=O) groups is 4. The molecule has 0 aromatic carbocycles. The standard InChI is InChI=1S/C15H28N4O5.C2H4O2/c1-9(20)12(17)13(21)18-10(5-2-3-7-16)14(22)19-8-4-6-11(19)15(23)24;1-2(3)4/h9-12,20H,2-8,16-17H2,1H3,(H,18,21)(H,23,24);1H3,(H,3,4)/t9-,10+,11+,12+;/m1./s1. The smallest absolute Gasteiger partial charge is 0.326 e. The van der Waals surface area contributed by atoms with Crippen LogP contribution < -0.4 is 16.8 Å². The SMILES string of the molecule is CC(=O)O.C[C@@H](O)[C@H](N)C(=O)N[C@@H](CCCCN)C(=O)N1CCC[C@H]1C(=O)O. The molecule has 1 fully saturated rings. The highest BCUT2D eigenvalue weighted by molar-refractivity contribution is 5.92. The van der Waals surface area contributed by atoms with Gasteiger partial charge in [0.25, 0.3) is 5.97 Å². The summed E-state index contributed by atoms with van der Waals surface area (Å²) >= 11 is 0. The molecule has 1 rings (SSSR count). The topological polar surface area (TPSA) is 196 Å². The van der Waals surface area contributed by atoms with E-state index in [4.69, 9.17) is 21.4 Å². The van der Waals surface area contributed by atoms with Gasteiger partial charge in [0.05, 0.1) is 6.10 Å². The molecule has 1 saturated heterocycles. The summed E-state index contributed by atoms with van der Waals surface area (Å²) in [7, 11) is 0. The predicted molar refractivity (Wildman–Crippen MR) is 100 cm³/mol. The minimum Gasteiger partial charge on any atom is -0.481 e. The fourth-order valence-corrected chi connectivity index (χ4v) is 2.72. The van der Waals surface area contributed by atoms with Crippen molar-refractivity contribution in [2.75, 3.05) is 13.1 Å². The molecule has 0 unspecified atom stereocenters. The largest absolute Gasteiger partial charge is 0.481 e. The number of nitrogens with one attached hydrogen (secondary N) is 1. The van der Waals surface area contributed by atoms with E-state index in [-0.39, 0.29) is 0 Å². The second kappa shape index (κ2) is 13.0. The van der Waals surface area contributed by atoms with Gasteiger partial charge in [-0.05, 0) is 45.6 Å². The van der Waals surface area contributed by atoms with E-state index in [1.54, 1.807) is 0 Å². The number of nitrogens with two attached hydrogens (primary N) is 2. The molecule has 11 nitrogen and oxygen atoms in total. The van der Waals surface area contributed by atoms with E-state index in [0.29, 0.717) is 45.2 Å². The van der Waals surface area contributed by atoms with Crippen molar-refractivity contribution < 1.29 is 34.5 Å². The number of carboxylic acid groups (broad SMARTS) is 2. The van der Waals surface area contributed by atoms with Crippen LogP contribution >= 0.6 is 0 Å². The van der Waals surface area contributed by atoms with E-state index in [1.807, 2.05) is 0 Å². The molecule has 8 N–H and O–H groups in total. The number of amides is 2. The van der Waals surface area contributed by atoms with Crippen LogP contribution in [0.25, 0.3) is 0 Å². The van der Waals surface area contributed by atoms with Crippen LogP contribution in [0.15, 0.2) is 0 Å². The highest BCUT2D eigenvalue weighted by Gasteiger charge is 2.37. The minimum absolute atomic E-state index is 0.344. The highest BCUT2D eigenvalue weighted by atomic mass is 16.4. The normalized spacial score (nSPS) is 19.0. The van der Waals surface area contributed by atoms with Crippen molar-refractivity contribution >= 4 is 23.8 Å². The lowest BCUT2D eigenvalue weighted by Gasteiger charge is -2.28. The number of hydrogen-bond acceptors (Lipinski definition) is 7. The number of carboxylic acids is 2. The molecule has 1 aliphatic heterocycles. The van der Waals surface area contributed by atoms with Gasteiger partial charge in [-0.1, -0.05) is 0 Å². The van der Waals surface area contributed by atoms with Gasteiger partial charge in [0, 0.05) is 13.5 Å². The fraction of sp³-hybridized carbons (Fsp3) is 0.765. The summed E-state index contributed by atoms with van der Waals surface area (Å²) < 4.78 is 0. The van der Waals surface area contributed by atoms with Gasteiger partial charge >= 0.3 is 5.97 Å². The van der Waals surface area contributed by atoms with Gasteiger partial charge in [-0.15, -0.1) is 0 Å². The first-order valence-corrected chi connectivity index (χ1v) is 9.19. The molecule has 4 atom stereocenters. The first-order chi connectivity index (χ1) is 13.0. The Hall–Kier alpha value is -2.24. The average molecular weight is 404 g/mol. The van der Waals surface area contributed by atoms with Crippen LogP contribution in [-0.2, 0) is 19.2 Å². The predicted octanol–water partition coefficient (Wildman–Crippen LogP) is -1.53. The summed E-state index contributed by atoms with van der Waals surface area (Å²) in [5, 5.41) is 28.6. The minimum atomic E-state index is -1.15. The van der Waals surface area contributed by atoms with Gasteiger partial charge < -0.3 is 37.0 Å². The first-order valence-electron chi connectivity index (χ1n) is 9.19. The van der Waals surface area contributed by atoms with E-state index in [1.165, 1.54) is 11.8 Å². The number of aliphatic hydroxyl groups excluding tert-OH is 1. The zero-order valence-corrected chi connectivity index (χ0v) is 16.3. The number of rotatable bonds is 9. The van der Waals surface area contributed by atoms with Gasteiger partial charge in [0.1, 0.15) is 18.1 Å². The molecule has 0 aromatic rings. The summed E-state index contributed by atoms with van der Waals surface area (Å²) in [5.74, 6) is -2.95. The fourth-order valence-electron chi connectivity index (χ4n) is 2.72. The van der Waals surface area contributed by atoms with Crippen molar-refractivity contribution in [3.8, 4) is 0 Å². The van der Waals surface area contributed by atoms with Gasteiger partial charge in [-0.25, -0.2) is 4.79 Å². The first kappa shape index (κ1) is 25.8. The number of nitrogens with zero attached hydrogens (tertiary/aromatic N) is 1. The van der Waals surface area contributed by atoms with Crippen LogP contribution in [0, 0.1) is 0 Å². The number of likely N-dealkylation sites (tertiary alicyclic amines) is 1. The van der Waals surface area contributed by atoms with E-state index in [9.17, 15) is 24.6 Å². The molecular formula is C17H32N4O7. The molecule has 2 amide bonds. The average Bonchev–Trinajstić information content (AvgIpc) is 3.09. The van der Waals surface area contributed by atoms with Crippen LogP contribution in [0.4, 0.5) is 0 Å². The van der Waals surface area contributed by atoms with Crippen molar-refractivity contribution in [2.24, 2.45) is 11.5 Å². The van der Waals surface area contributed by atoms with Gasteiger partial charge in [0.15, 0.2) is 0 Å². The van der Waals surface area contributed by atoms with Crippen molar-refractivity contribution in [1.29, 1.82) is 0 Å². The third-order valence-corrected chi connectivity index (χ3v) is 4.20. The molecule has 1 aliphatic rings. The molecule has 0 spiro atoms. The summed E-state index contributed by atoms with van der Waals surface area (Å²) in [6.07, 6.45) is 1.60. The van der Waals surface area contributed by atoms with E-state index in [0.717, 1.165) is 6.92 Å². The van der Waals surface area contributed by atoms with Gasteiger partial charge in [0.2, 0.25) is 11.8 Å². The van der Waals surface area contributed by atoms with Crippen molar-refractivity contribution in [1.82, 2.24) is 10.2 Å². The Morgan fingerprint density at radius 2 is 1.79 bits per heavy atom. The molecule has 0 aromatic heterocycles. The van der Waals surface area contributed by atoms with Gasteiger partial charge in [-0.2, -0.15) is 0 Å². The lowest BCUT2D eigenvalue weighted by atomic mass is 10.1. The van der Waals surface area contributed by atoms with Crippen LogP contribution in [0.2, 0.25) is 0 Å². The Balaban J connectivity index is 0.00000165. The zero-order chi connectivity index (χ0) is 21.9. The number of aliphatic carboxylic acids is 2. The number of hydrogen-bond donors (Lipinski definition) is 6. The molecule has 28 heavy (non-hydrogen) atoms. The zero-order valence-electron chi connectivity index (χ0n) is 16.3. The summed E-state index contributed by atoms with van der Waals surface area (Å²) in [4.78, 5) is 46.3. The van der Waals surface area contributed by atoms with E-state index < -0.39 is 48.0 Å². The molecular weight excluding hydrogens is 372 g/mol. The lowest BCUT2D eigenvalue weighted by Crippen LogP contribution is -2.56. The monoisotopic (exact) mass is 404 g/mol. The number of aliphatic hydroxyl groups is 1. The summed E-state index contributed by atoms with van der Waals surface area (Å²) in [6.45, 7) is 3.28. The van der Waals surface area contributed by atoms with Crippen LogP contribution in [0.1, 0.15) is 46.0 Å². The van der Waals surface area contributed by atoms with Crippen molar-refractivity contribution in [3.63, 3.8) is 0 Å². The van der Waals surface area contributed by atoms with E-state index >= 15 is 0 Å². The van der Waals surface area contributed by atoms with Crippen LogP contribution in [-0.4, -0.2) is 81.3 Å². The molecule has 162 valence electrons.